The van der Waals surface area contributed by atoms with E-state index in [0.29, 0.717) is 11.7 Å². The van der Waals surface area contributed by atoms with Gasteiger partial charge >= 0.3 is 0 Å². The van der Waals surface area contributed by atoms with Crippen molar-refractivity contribution in [3.8, 4) is 0 Å². The summed E-state index contributed by atoms with van der Waals surface area (Å²) < 4.78 is 0. The number of nitrogens with two attached hydrogens (primary N) is 2. The van der Waals surface area contributed by atoms with Crippen molar-refractivity contribution in [2.45, 2.75) is 24.8 Å². The Morgan fingerprint density at radius 1 is 1.26 bits per heavy atom. The van der Waals surface area contributed by atoms with Gasteiger partial charge in [-0.1, -0.05) is 30.3 Å². The van der Waals surface area contributed by atoms with Crippen LogP contribution in [0.15, 0.2) is 42.6 Å². The zero-order valence-electron chi connectivity index (χ0n) is 10.7. The standard InChI is InChI=1S/C15H18N4/c16-15-11(5-3-7-18-15)9-14(19-17)13-8-10-4-1-2-6-12(10)13/h1-7,13-14,19H,8-9,17H2,(H2,16,18). The van der Waals surface area contributed by atoms with Crippen molar-refractivity contribution in [1.82, 2.24) is 10.4 Å². The van der Waals surface area contributed by atoms with Crippen molar-refractivity contribution < 1.29 is 0 Å². The molecular weight excluding hydrogens is 236 g/mol. The molecule has 1 aliphatic carbocycles. The fourth-order valence-corrected chi connectivity index (χ4v) is 2.83. The average Bonchev–Trinajstić information content (AvgIpc) is 2.41. The van der Waals surface area contributed by atoms with Gasteiger partial charge in [0, 0.05) is 18.2 Å². The van der Waals surface area contributed by atoms with Crippen LogP contribution in [-0.2, 0) is 12.8 Å². The molecule has 98 valence electrons. The molecule has 2 aromatic rings. The largest absolute Gasteiger partial charge is 0.383 e. The number of rotatable bonds is 4. The molecule has 19 heavy (non-hydrogen) atoms. The maximum atomic E-state index is 5.90. The number of nitrogens with one attached hydrogen (secondary N) is 1. The van der Waals surface area contributed by atoms with Crippen molar-refractivity contribution in [1.29, 1.82) is 0 Å². The van der Waals surface area contributed by atoms with E-state index in [1.807, 2.05) is 12.1 Å². The lowest BCUT2D eigenvalue weighted by Gasteiger charge is -2.36. The molecule has 1 aliphatic rings. The van der Waals surface area contributed by atoms with Gasteiger partial charge in [-0.2, -0.15) is 0 Å². The van der Waals surface area contributed by atoms with Crippen molar-refractivity contribution in [3.05, 3.63) is 59.3 Å². The molecule has 0 aliphatic heterocycles. The Balaban J connectivity index is 1.79. The van der Waals surface area contributed by atoms with E-state index in [-0.39, 0.29) is 6.04 Å². The van der Waals surface area contributed by atoms with Crippen LogP contribution < -0.4 is 17.0 Å². The monoisotopic (exact) mass is 254 g/mol. The molecule has 1 heterocycles. The third-order valence-corrected chi connectivity index (χ3v) is 3.96. The lowest BCUT2D eigenvalue weighted by Crippen LogP contribution is -2.45. The summed E-state index contributed by atoms with van der Waals surface area (Å²) in [5, 5.41) is 0. The summed E-state index contributed by atoms with van der Waals surface area (Å²) >= 11 is 0. The van der Waals surface area contributed by atoms with Crippen LogP contribution in [0.3, 0.4) is 0 Å². The Hall–Kier alpha value is -1.91. The van der Waals surface area contributed by atoms with Gasteiger partial charge in [0.05, 0.1) is 0 Å². The van der Waals surface area contributed by atoms with Gasteiger partial charge in [0.25, 0.3) is 0 Å². The molecule has 2 unspecified atom stereocenters. The lowest BCUT2D eigenvalue weighted by atomic mass is 9.72. The van der Waals surface area contributed by atoms with Crippen LogP contribution in [0.2, 0.25) is 0 Å². The van der Waals surface area contributed by atoms with E-state index in [2.05, 4.69) is 34.7 Å². The Morgan fingerprint density at radius 2 is 2.11 bits per heavy atom. The molecular formula is C15H18N4. The fraction of sp³-hybridized carbons (Fsp3) is 0.267. The first kappa shape index (κ1) is 12.1. The van der Waals surface area contributed by atoms with E-state index in [0.717, 1.165) is 18.4 Å². The van der Waals surface area contributed by atoms with Crippen LogP contribution in [-0.4, -0.2) is 11.0 Å². The Bertz CT molecular complexity index is 582. The quantitative estimate of drug-likeness (QED) is 0.569. The first-order valence-corrected chi connectivity index (χ1v) is 6.53. The number of hydrogen-bond donors (Lipinski definition) is 3. The summed E-state index contributed by atoms with van der Waals surface area (Å²) in [7, 11) is 0. The molecule has 0 radical (unpaired) electrons. The summed E-state index contributed by atoms with van der Waals surface area (Å²) in [4.78, 5) is 4.12. The normalized spacial score (nSPS) is 18.5. The molecule has 1 aromatic carbocycles. The number of anilines is 1. The second-order valence-electron chi connectivity index (χ2n) is 5.03. The molecule has 3 rings (SSSR count). The first-order valence-electron chi connectivity index (χ1n) is 6.53. The fourth-order valence-electron chi connectivity index (χ4n) is 2.83. The predicted molar refractivity (Wildman–Crippen MR) is 76.4 cm³/mol. The highest BCUT2D eigenvalue weighted by Gasteiger charge is 2.32. The third-order valence-electron chi connectivity index (χ3n) is 3.96. The van der Waals surface area contributed by atoms with Gasteiger partial charge in [0.1, 0.15) is 5.82 Å². The van der Waals surface area contributed by atoms with E-state index in [9.17, 15) is 0 Å². The van der Waals surface area contributed by atoms with Gasteiger partial charge < -0.3 is 5.73 Å². The molecule has 0 saturated heterocycles. The van der Waals surface area contributed by atoms with E-state index in [4.69, 9.17) is 11.6 Å². The van der Waals surface area contributed by atoms with Crippen LogP contribution >= 0.6 is 0 Å². The number of benzene rings is 1. The topological polar surface area (TPSA) is 77.0 Å². The predicted octanol–water partition coefficient (Wildman–Crippen LogP) is 1.38. The van der Waals surface area contributed by atoms with Gasteiger partial charge in [-0.15, -0.1) is 0 Å². The number of hydrazine groups is 1. The second-order valence-corrected chi connectivity index (χ2v) is 5.03. The number of hydrogen-bond acceptors (Lipinski definition) is 4. The lowest BCUT2D eigenvalue weighted by molar-refractivity contribution is 0.404. The number of pyridine rings is 1. The van der Waals surface area contributed by atoms with Gasteiger partial charge in [0.15, 0.2) is 0 Å². The molecule has 0 bridgehead atoms. The molecule has 0 spiro atoms. The molecule has 0 amide bonds. The summed E-state index contributed by atoms with van der Waals surface area (Å²) in [6, 6.07) is 12.6. The zero-order valence-corrected chi connectivity index (χ0v) is 10.7. The molecule has 5 N–H and O–H groups in total. The third kappa shape index (κ3) is 2.20. The molecule has 1 aromatic heterocycles. The minimum atomic E-state index is 0.196. The minimum Gasteiger partial charge on any atom is -0.383 e. The van der Waals surface area contributed by atoms with Gasteiger partial charge in [-0.25, -0.2) is 4.98 Å². The molecule has 4 nitrogen and oxygen atoms in total. The number of nitrogen functional groups attached to an aromatic ring is 1. The summed E-state index contributed by atoms with van der Waals surface area (Å²) in [5.74, 6) is 6.78. The van der Waals surface area contributed by atoms with Crippen LogP contribution in [0.25, 0.3) is 0 Å². The van der Waals surface area contributed by atoms with Gasteiger partial charge in [0.2, 0.25) is 0 Å². The number of aromatic nitrogens is 1. The van der Waals surface area contributed by atoms with Crippen molar-refractivity contribution in [3.63, 3.8) is 0 Å². The maximum absolute atomic E-state index is 5.90. The summed E-state index contributed by atoms with van der Waals surface area (Å²) in [6.07, 6.45) is 3.59. The van der Waals surface area contributed by atoms with Crippen LogP contribution in [0, 0.1) is 0 Å². The molecule has 2 atom stereocenters. The Labute approximate surface area is 112 Å². The van der Waals surface area contributed by atoms with Crippen LogP contribution in [0.4, 0.5) is 5.82 Å². The zero-order chi connectivity index (χ0) is 13.2. The van der Waals surface area contributed by atoms with E-state index in [1.54, 1.807) is 6.20 Å². The van der Waals surface area contributed by atoms with E-state index in [1.165, 1.54) is 11.1 Å². The van der Waals surface area contributed by atoms with Gasteiger partial charge in [-0.3, -0.25) is 11.3 Å². The molecule has 0 saturated carbocycles. The Kier molecular flexibility index (Phi) is 3.19. The smallest absolute Gasteiger partial charge is 0.126 e. The highest BCUT2D eigenvalue weighted by atomic mass is 15.2. The number of fused-ring (bicyclic) bond motifs is 1. The summed E-state index contributed by atoms with van der Waals surface area (Å²) in [5.41, 5.74) is 12.7. The molecule has 4 heteroatoms. The van der Waals surface area contributed by atoms with Crippen LogP contribution in [0.1, 0.15) is 22.6 Å². The Morgan fingerprint density at radius 3 is 2.84 bits per heavy atom. The highest BCUT2D eigenvalue weighted by molar-refractivity contribution is 5.43. The SMILES string of the molecule is NNC(Cc1cccnc1N)C1Cc2ccccc21. The van der Waals surface area contributed by atoms with Crippen molar-refractivity contribution in [2.24, 2.45) is 5.84 Å². The maximum Gasteiger partial charge on any atom is 0.126 e. The van der Waals surface area contributed by atoms with Gasteiger partial charge in [-0.05, 0) is 35.6 Å². The second kappa shape index (κ2) is 4.99. The van der Waals surface area contributed by atoms with Crippen molar-refractivity contribution in [2.75, 3.05) is 5.73 Å². The highest BCUT2D eigenvalue weighted by Crippen LogP contribution is 2.38. The average molecular weight is 254 g/mol. The van der Waals surface area contributed by atoms with E-state index < -0.39 is 0 Å². The van der Waals surface area contributed by atoms with Crippen molar-refractivity contribution >= 4 is 5.82 Å². The minimum absolute atomic E-state index is 0.196. The number of nitrogens with zero attached hydrogens (tertiary/aromatic N) is 1. The molecule has 0 fully saturated rings. The van der Waals surface area contributed by atoms with Crippen LogP contribution in [0.5, 0.6) is 0 Å². The summed E-state index contributed by atoms with van der Waals surface area (Å²) in [6.45, 7) is 0. The first-order chi connectivity index (χ1) is 9.29. The van der Waals surface area contributed by atoms with E-state index >= 15 is 0 Å².